The molecule has 5 aromatic rings. The lowest BCUT2D eigenvalue weighted by Crippen LogP contribution is -2.00. The molecule has 0 unspecified atom stereocenters. The van der Waals surface area contributed by atoms with Crippen LogP contribution in [0.25, 0.3) is 22.5 Å². The van der Waals surface area contributed by atoms with Crippen LogP contribution in [0.1, 0.15) is 11.1 Å². The van der Waals surface area contributed by atoms with E-state index in [9.17, 15) is 0 Å². The first-order valence-corrected chi connectivity index (χ1v) is 10.2. The fraction of sp³-hybridized carbons (Fsp3) is 0.0400. The highest BCUT2D eigenvalue weighted by Crippen LogP contribution is 2.22. The summed E-state index contributed by atoms with van der Waals surface area (Å²) in [6.07, 6.45) is 9.09. The first-order chi connectivity index (χ1) is 15.8. The normalized spacial score (nSPS) is 11.2. The summed E-state index contributed by atoms with van der Waals surface area (Å²) in [6, 6.07) is 24.0. The Morgan fingerprint density at radius 1 is 0.875 bits per heavy atom. The van der Waals surface area contributed by atoms with Gasteiger partial charge in [-0.1, -0.05) is 60.7 Å². The van der Waals surface area contributed by atoms with Crippen molar-refractivity contribution in [1.29, 1.82) is 0 Å². The Balaban J connectivity index is 1.48. The highest BCUT2D eigenvalue weighted by molar-refractivity contribution is 5.88. The number of nitrogens with zero attached hydrogens (tertiary/aromatic N) is 6. The van der Waals surface area contributed by atoms with Gasteiger partial charge in [0.2, 0.25) is 5.95 Å². The lowest BCUT2D eigenvalue weighted by Gasteiger charge is -2.01. The molecule has 0 aliphatic heterocycles. The van der Waals surface area contributed by atoms with E-state index in [1.807, 2.05) is 77.7 Å². The summed E-state index contributed by atoms with van der Waals surface area (Å²) in [4.78, 5) is 8.67. The second-order valence-electron chi connectivity index (χ2n) is 7.30. The fourth-order valence-electron chi connectivity index (χ4n) is 3.46. The number of aromatic nitrogens is 5. The van der Waals surface area contributed by atoms with Gasteiger partial charge in [-0.25, -0.2) is 9.66 Å². The van der Waals surface area contributed by atoms with E-state index in [2.05, 4.69) is 27.2 Å². The third-order valence-corrected chi connectivity index (χ3v) is 5.02. The molecule has 3 aromatic heterocycles. The van der Waals surface area contributed by atoms with Crippen LogP contribution in [0.2, 0.25) is 0 Å². The van der Waals surface area contributed by atoms with Gasteiger partial charge in [0.15, 0.2) is 0 Å². The quantitative estimate of drug-likeness (QED) is 0.415. The van der Waals surface area contributed by atoms with Crippen molar-refractivity contribution in [3.8, 4) is 22.5 Å². The van der Waals surface area contributed by atoms with Gasteiger partial charge < -0.3 is 5.73 Å². The summed E-state index contributed by atoms with van der Waals surface area (Å²) in [7, 11) is 0. The largest absolute Gasteiger partial charge is 0.368 e. The number of hydrogen-bond donors (Lipinski definition) is 1. The lowest BCUT2D eigenvalue weighted by molar-refractivity contribution is 0.689. The molecular weight excluding hydrogens is 398 g/mol. The molecule has 0 amide bonds. The average molecular weight is 419 g/mol. The Bertz CT molecular complexity index is 1340. The predicted molar refractivity (Wildman–Crippen MR) is 126 cm³/mol. The van der Waals surface area contributed by atoms with Crippen LogP contribution in [0.3, 0.4) is 0 Å². The Morgan fingerprint density at radius 3 is 2.38 bits per heavy atom. The van der Waals surface area contributed by atoms with E-state index < -0.39 is 0 Å². The Labute approximate surface area is 185 Å². The van der Waals surface area contributed by atoms with Gasteiger partial charge in [0.1, 0.15) is 5.69 Å². The van der Waals surface area contributed by atoms with Crippen LogP contribution in [0, 0.1) is 0 Å². The minimum Gasteiger partial charge on any atom is -0.368 e. The first kappa shape index (κ1) is 19.4. The third-order valence-electron chi connectivity index (χ3n) is 5.02. The zero-order chi connectivity index (χ0) is 21.8. The average Bonchev–Trinajstić information content (AvgIpc) is 3.42. The van der Waals surface area contributed by atoms with E-state index in [-0.39, 0.29) is 0 Å². The monoisotopic (exact) mass is 419 g/mol. The molecule has 0 spiro atoms. The summed E-state index contributed by atoms with van der Waals surface area (Å²) >= 11 is 0. The maximum absolute atomic E-state index is 6.11. The number of anilines is 1. The molecule has 156 valence electrons. The molecule has 0 atom stereocenters. The highest BCUT2D eigenvalue weighted by atomic mass is 15.4. The van der Waals surface area contributed by atoms with Gasteiger partial charge in [0, 0.05) is 35.3 Å². The molecule has 2 aromatic carbocycles. The first-order valence-electron chi connectivity index (χ1n) is 10.2. The van der Waals surface area contributed by atoms with E-state index in [1.165, 1.54) is 5.56 Å². The van der Waals surface area contributed by atoms with Crippen molar-refractivity contribution < 1.29 is 0 Å². The number of nitrogen functional groups attached to an aromatic ring is 1. The van der Waals surface area contributed by atoms with Crippen molar-refractivity contribution in [3.63, 3.8) is 0 Å². The number of pyridine rings is 1. The van der Waals surface area contributed by atoms with Crippen LogP contribution in [-0.4, -0.2) is 30.6 Å². The van der Waals surface area contributed by atoms with E-state index in [1.54, 1.807) is 23.3 Å². The van der Waals surface area contributed by atoms with Crippen molar-refractivity contribution in [1.82, 2.24) is 24.4 Å². The SMILES string of the molecule is Nc1nc(-c2ccccc2)cn1/N=C/c1cn(Cc2ccccc2)nc1-c1cccnc1. The molecule has 0 bridgehead atoms. The number of hydrogen-bond acceptors (Lipinski definition) is 5. The van der Waals surface area contributed by atoms with Crippen LogP contribution in [-0.2, 0) is 6.54 Å². The number of rotatable bonds is 6. The topological polar surface area (TPSA) is 86.9 Å². The molecule has 7 nitrogen and oxygen atoms in total. The molecule has 32 heavy (non-hydrogen) atoms. The van der Waals surface area contributed by atoms with Crippen LogP contribution < -0.4 is 5.73 Å². The molecule has 7 heteroatoms. The van der Waals surface area contributed by atoms with Crippen molar-refractivity contribution in [2.24, 2.45) is 5.10 Å². The van der Waals surface area contributed by atoms with E-state index in [4.69, 9.17) is 10.8 Å². The second-order valence-corrected chi connectivity index (χ2v) is 7.30. The van der Waals surface area contributed by atoms with E-state index in [0.29, 0.717) is 12.5 Å². The number of imidazole rings is 1. The zero-order valence-electron chi connectivity index (χ0n) is 17.3. The summed E-state index contributed by atoms with van der Waals surface area (Å²) in [5, 5.41) is 9.35. The molecule has 0 aliphatic carbocycles. The van der Waals surface area contributed by atoms with Crippen LogP contribution in [0.5, 0.6) is 0 Å². The molecule has 0 saturated heterocycles. The molecular formula is C25H21N7. The summed E-state index contributed by atoms with van der Waals surface area (Å²) in [5.41, 5.74) is 11.6. The van der Waals surface area contributed by atoms with Crippen molar-refractivity contribution in [2.75, 3.05) is 5.73 Å². The second kappa shape index (κ2) is 8.69. The van der Waals surface area contributed by atoms with Gasteiger partial charge in [-0.2, -0.15) is 10.2 Å². The molecule has 3 heterocycles. The van der Waals surface area contributed by atoms with Gasteiger partial charge in [-0.05, 0) is 17.7 Å². The summed E-state index contributed by atoms with van der Waals surface area (Å²) in [5.74, 6) is 0.319. The highest BCUT2D eigenvalue weighted by Gasteiger charge is 2.11. The molecule has 0 saturated carbocycles. The van der Waals surface area contributed by atoms with Crippen LogP contribution in [0.15, 0.2) is 103 Å². The van der Waals surface area contributed by atoms with Gasteiger partial charge in [-0.3, -0.25) is 9.67 Å². The molecule has 5 rings (SSSR count). The Kier molecular flexibility index (Phi) is 5.28. The minimum absolute atomic E-state index is 0.319. The summed E-state index contributed by atoms with van der Waals surface area (Å²) in [6.45, 7) is 0.660. The smallest absolute Gasteiger partial charge is 0.221 e. The Hall–Kier alpha value is -4.52. The van der Waals surface area contributed by atoms with Crippen LogP contribution >= 0.6 is 0 Å². The van der Waals surface area contributed by atoms with Crippen LogP contribution in [0.4, 0.5) is 5.95 Å². The minimum atomic E-state index is 0.319. The predicted octanol–water partition coefficient (Wildman–Crippen LogP) is 4.32. The van der Waals surface area contributed by atoms with E-state index in [0.717, 1.165) is 28.1 Å². The Morgan fingerprint density at radius 2 is 1.62 bits per heavy atom. The van der Waals surface area contributed by atoms with Gasteiger partial charge in [0.25, 0.3) is 0 Å². The molecule has 0 radical (unpaired) electrons. The van der Waals surface area contributed by atoms with Crippen molar-refractivity contribution >= 4 is 12.2 Å². The van der Waals surface area contributed by atoms with Gasteiger partial charge in [0.05, 0.1) is 24.7 Å². The van der Waals surface area contributed by atoms with Crippen molar-refractivity contribution in [3.05, 3.63) is 109 Å². The zero-order valence-corrected chi connectivity index (χ0v) is 17.3. The number of benzene rings is 2. The molecule has 0 aliphatic rings. The maximum atomic E-state index is 6.11. The van der Waals surface area contributed by atoms with E-state index >= 15 is 0 Å². The van der Waals surface area contributed by atoms with Gasteiger partial charge in [-0.15, -0.1) is 0 Å². The standard InChI is InChI=1S/C25H21N7/c26-25-29-23(20-10-5-2-6-11-20)18-32(25)28-15-22-17-31(16-19-8-3-1-4-9-19)30-24(22)21-12-7-13-27-14-21/h1-15,17-18H,16H2,(H2,26,29)/b28-15+. The maximum Gasteiger partial charge on any atom is 0.221 e. The number of nitrogens with two attached hydrogens (primary N) is 1. The summed E-state index contributed by atoms with van der Waals surface area (Å²) < 4.78 is 3.48. The molecule has 0 fully saturated rings. The van der Waals surface area contributed by atoms with Gasteiger partial charge >= 0.3 is 0 Å². The third kappa shape index (κ3) is 4.17. The lowest BCUT2D eigenvalue weighted by atomic mass is 10.1. The van der Waals surface area contributed by atoms with Crippen molar-refractivity contribution in [2.45, 2.75) is 6.54 Å². The molecule has 2 N–H and O–H groups in total. The fourth-order valence-corrected chi connectivity index (χ4v) is 3.46.